The van der Waals surface area contributed by atoms with Crippen molar-refractivity contribution in [3.8, 4) is 5.75 Å². The van der Waals surface area contributed by atoms with Gasteiger partial charge >= 0.3 is 5.69 Å². The lowest BCUT2D eigenvalue weighted by Gasteiger charge is -2.09. The number of thiophene rings is 1. The summed E-state index contributed by atoms with van der Waals surface area (Å²) in [7, 11) is 0. The van der Waals surface area contributed by atoms with Gasteiger partial charge in [-0.3, -0.25) is 14.2 Å². The fourth-order valence-electron chi connectivity index (χ4n) is 3.82. The molecule has 3 aromatic heterocycles. The lowest BCUT2D eigenvalue weighted by molar-refractivity contribution is 0.0966. The van der Waals surface area contributed by atoms with Crippen LogP contribution in [0.4, 0.5) is 0 Å². The fourth-order valence-corrected chi connectivity index (χ4v) is 4.65. The number of benzene rings is 2. The molecular formula is C25H22N4O4S. The number of fused-ring (bicyclic) bond motifs is 3. The third-order valence-corrected chi connectivity index (χ3v) is 6.41. The Morgan fingerprint density at radius 2 is 1.79 bits per heavy atom. The first-order chi connectivity index (χ1) is 16.6. The van der Waals surface area contributed by atoms with E-state index in [9.17, 15) is 14.4 Å². The maximum absolute atomic E-state index is 13.3. The van der Waals surface area contributed by atoms with Gasteiger partial charge in [0.15, 0.2) is 5.78 Å². The monoisotopic (exact) mass is 474 g/mol. The van der Waals surface area contributed by atoms with Crippen LogP contribution in [-0.2, 0) is 13.1 Å². The lowest BCUT2D eigenvalue weighted by Crippen LogP contribution is -2.27. The highest BCUT2D eigenvalue weighted by atomic mass is 32.1. The number of hydrogen-bond donors (Lipinski definition) is 0. The Balaban J connectivity index is 1.58. The van der Waals surface area contributed by atoms with Crippen LogP contribution < -0.4 is 16.0 Å². The summed E-state index contributed by atoms with van der Waals surface area (Å²) in [5, 5.41) is 6.18. The van der Waals surface area contributed by atoms with Gasteiger partial charge in [-0.1, -0.05) is 49.4 Å². The summed E-state index contributed by atoms with van der Waals surface area (Å²) in [6, 6.07) is 18.0. The molecule has 0 amide bonds. The number of rotatable bonds is 8. The van der Waals surface area contributed by atoms with Crippen molar-refractivity contribution in [1.82, 2.24) is 18.7 Å². The Morgan fingerprint density at radius 3 is 2.53 bits per heavy atom. The summed E-state index contributed by atoms with van der Waals surface area (Å²) in [5.41, 5.74) is 1.17. The van der Waals surface area contributed by atoms with E-state index in [1.807, 2.05) is 37.3 Å². The molecular weight excluding hydrogens is 452 g/mol. The maximum Gasteiger partial charge on any atom is 0.352 e. The molecule has 172 valence electrons. The third-order valence-electron chi connectivity index (χ3n) is 5.51. The first-order valence-corrected chi connectivity index (χ1v) is 11.8. The summed E-state index contributed by atoms with van der Waals surface area (Å²) < 4.78 is 10.1. The minimum atomic E-state index is -0.459. The quantitative estimate of drug-likeness (QED) is 0.321. The number of Topliss-reactive ketones (excluding diaryl/α,β-unsaturated/α-hetero) is 1. The van der Waals surface area contributed by atoms with Crippen molar-refractivity contribution >= 4 is 33.1 Å². The normalized spacial score (nSPS) is 11.3. The van der Waals surface area contributed by atoms with E-state index in [4.69, 9.17) is 4.74 Å². The molecule has 0 aliphatic carbocycles. The van der Waals surface area contributed by atoms with Crippen LogP contribution in [0.3, 0.4) is 0 Å². The Bertz CT molecular complexity index is 1590. The fraction of sp³-hybridized carbons (Fsp3) is 0.200. The van der Waals surface area contributed by atoms with E-state index >= 15 is 0 Å². The molecule has 0 spiro atoms. The molecule has 0 saturated carbocycles. The highest BCUT2D eigenvalue weighted by molar-refractivity contribution is 7.17. The largest absolute Gasteiger partial charge is 0.494 e. The van der Waals surface area contributed by atoms with Gasteiger partial charge in [0, 0.05) is 5.56 Å². The highest BCUT2D eigenvalue weighted by Gasteiger charge is 2.20. The van der Waals surface area contributed by atoms with E-state index in [1.54, 1.807) is 35.7 Å². The smallest absolute Gasteiger partial charge is 0.352 e. The topological polar surface area (TPSA) is 87.6 Å². The van der Waals surface area contributed by atoms with Gasteiger partial charge in [-0.05, 0) is 35.6 Å². The number of ether oxygens (including phenoxy) is 1. The van der Waals surface area contributed by atoms with Crippen LogP contribution in [0.5, 0.6) is 5.75 Å². The van der Waals surface area contributed by atoms with Gasteiger partial charge in [-0.25, -0.2) is 13.9 Å². The van der Waals surface area contributed by atoms with Gasteiger partial charge in [0.25, 0.3) is 5.56 Å². The number of nitrogens with zero attached hydrogens (tertiary/aromatic N) is 4. The molecule has 5 aromatic rings. The Hall–Kier alpha value is -3.98. The van der Waals surface area contributed by atoms with Crippen molar-refractivity contribution in [1.29, 1.82) is 0 Å². The molecule has 9 heteroatoms. The highest BCUT2D eigenvalue weighted by Crippen LogP contribution is 2.19. The maximum atomic E-state index is 13.3. The SMILES string of the molecule is CCCOc1ccc(Cn2c(=O)c3sccc3n3c(=O)n(CC(=O)c4ccccc4)nc23)cc1. The Labute approximate surface area is 198 Å². The van der Waals surface area contributed by atoms with E-state index in [0.29, 0.717) is 22.4 Å². The van der Waals surface area contributed by atoms with Crippen LogP contribution in [0.1, 0.15) is 29.3 Å². The van der Waals surface area contributed by atoms with Crippen LogP contribution in [0, 0.1) is 0 Å². The molecule has 0 aliphatic heterocycles. The molecule has 0 N–H and O–H groups in total. The molecule has 8 nitrogen and oxygen atoms in total. The minimum absolute atomic E-state index is 0.202. The van der Waals surface area contributed by atoms with Crippen LogP contribution in [0.2, 0.25) is 0 Å². The molecule has 0 saturated heterocycles. The van der Waals surface area contributed by atoms with Crippen molar-refractivity contribution in [3.63, 3.8) is 0 Å². The van der Waals surface area contributed by atoms with Crippen LogP contribution in [0.25, 0.3) is 16.0 Å². The van der Waals surface area contributed by atoms with E-state index < -0.39 is 5.69 Å². The average molecular weight is 475 g/mol. The third kappa shape index (κ3) is 3.94. The summed E-state index contributed by atoms with van der Waals surface area (Å²) in [5.74, 6) is 0.731. The first-order valence-electron chi connectivity index (χ1n) is 11.0. The second-order valence-electron chi connectivity index (χ2n) is 7.88. The molecule has 2 aromatic carbocycles. The second-order valence-corrected chi connectivity index (χ2v) is 8.80. The molecule has 0 atom stereocenters. The average Bonchev–Trinajstić information content (AvgIpc) is 3.47. The van der Waals surface area contributed by atoms with Gasteiger partial charge in [-0.15, -0.1) is 16.4 Å². The number of carbonyl (C=O) groups excluding carboxylic acids is 1. The number of hydrogen-bond acceptors (Lipinski definition) is 6. The molecule has 0 bridgehead atoms. The van der Waals surface area contributed by atoms with E-state index in [0.717, 1.165) is 22.4 Å². The molecule has 5 rings (SSSR count). The Morgan fingerprint density at radius 1 is 1.03 bits per heavy atom. The zero-order chi connectivity index (χ0) is 23.7. The molecule has 0 unspecified atom stereocenters. The van der Waals surface area contributed by atoms with E-state index in [2.05, 4.69) is 5.10 Å². The Kier molecular flexibility index (Phi) is 5.85. The number of carbonyl (C=O) groups is 1. The molecule has 0 radical (unpaired) electrons. The summed E-state index contributed by atoms with van der Waals surface area (Å²) in [4.78, 5) is 39.3. The van der Waals surface area contributed by atoms with Gasteiger partial charge in [0.05, 0.1) is 18.7 Å². The summed E-state index contributed by atoms with van der Waals surface area (Å²) >= 11 is 1.28. The van der Waals surface area contributed by atoms with Crippen molar-refractivity contribution < 1.29 is 9.53 Å². The molecule has 3 heterocycles. The van der Waals surface area contributed by atoms with Crippen molar-refractivity contribution in [3.05, 3.63) is 98.0 Å². The van der Waals surface area contributed by atoms with E-state index in [-0.39, 0.29) is 30.2 Å². The zero-order valence-corrected chi connectivity index (χ0v) is 19.3. The first kappa shape index (κ1) is 21.8. The van der Waals surface area contributed by atoms with E-state index in [1.165, 1.54) is 20.3 Å². The minimum Gasteiger partial charge on any atom is -0.494 e. The lowest BCUT2D eigenvalue weighted by atomic mass is 10.1. The van der Waals surface area contributed by atoms with Crippen molar-refractivity contribution in [2.45, 2.75) is 26.4 Å². The standard InChI is InChI=1S/C25H22N4O4S/c1-2-13-33-19-10-8-17(9-11-19)15-27-23(31)22-20(12-14-34-22)29-24(27)26-28(25(29)32)16-21(30)18-6-4-3-5-7-18/h3-12,14H,2,13,15-16H2,1H3. The van der Waals surface area contributed by atoms with Gasteiger partial charge < -0.3 is 4.74 Å². The van der Waals surface area contributed by atoms with Gasteiger partial charge in [0.1, 0.15) is 17.0 Å². The van der Waals surface area contributed by atoms with Crippen LogP contribution in [0.15, 0.2) is 75.6 Å². The second kappa shape index (κ2) is 9.11. The van der Waals surface area contributed by atoms with Crippen molar-refractivity contribution in [2.75, 3.05) is 6.61 Å². The summed E-state index contributed by atoms with van der Waals surface area (Å²) in [6.45, 7) is 2.69. The predicted octanol–water partition coefficient (Wildman–Crippen LogP) is 3.59. The molecule has 0 fully saturated rings. The predicted molar refractivity (Wildman–Crippen MR) is 131 cm³/mol. The summed E-state index contributed by atoms with van der Waals surface area (Å²) in [6.07, 6.45) is 0.917. The number of aromatic nitrogens is 4. The van der Waals surface area contributed by atoms with Gasteiger partial charge in [0.2, 0.25) is 5.78 Å². The number of ketones is 1. The zero-order valence-electron chi connectivity index (χ0n) is 18.5. The van der Waals surface area contributed by atoms with Crippen LogP contribution in [-0.4, -0.2) is 31.1 Å². The van der Waals surface area contributed by atoms with Crippen molar-refractivity contribution in [2.24, 2.45) is 0 Å². The molecule has 34 heavy (non-hydrogen) atoms. The molecule has 0 aliphatic rings. The van der Waals surface area contributed by atoms with Crippen LogP contribution >= 0.6 is 11.3 Å². The van der Waals surface area contributed by atoms with Gasteiger partial charge in [-0.2, -0.15) is 0 Å².